The summed E-state index contributed by atoms with van der Waals surface area (Å²) in [4.78, 5) is 2.35. The van der Waals surface area contributed by atoms with Crippen molar-refractivity contribution < 1.29 is 4.39 Å². The van der Waals surface area contributed by atoms with E-state index in [0.29, 0.717) is 24.2 Å². The maximum atomic E-state index is 12.9. The second-order valence-electron chi connectivity index (χ2n) is 8.11. The van der Waals surface area contributed by atoms with E-state index in [1.807, 2.05) is 24.3 Å². The minimum absolute atomic E-state index is 0.0370. The first kappa shape index (κ1) is 27.9. The number of hydrogen-bond acceptors (Lipinski definition) is 4. The molecule has 1 saturated heterocycles. The van der Waals surface area contributed by atoms with E-state index >= 15 is 0 Å². The molecule has 1 atom stereocenters. The number of allylic oxidation sites excluding steroid dienone is 2. The second kappa shape index (κ2) is 15.6. The SMILES string of the molecule is C=C/C=C(\C=C)CNC(=C)C1CCCN1C.C=CC/C(N)=N/N.Fc1ccccc1C1CC1. The molecule has 1 unspecified atom stereocenters. The van der Waals surface area contributed by atoms with E-state index in [2.05, 4.69) is 48.7 Å². The number of likely N-dealkylation sites (tertiary alicyclic amines) is 1. The molecule has 0 bridgehead atoms. The molecule has 2 fully saturated rings. The highest BCUT2D eigenvalue weighted by Gasteiger charge is 2.25. The van der Waals surface area contributed by atoms with Crippen LogP contribution in [0.3, 0.4) is 0 Å². The Morgan fingerprint density at radius 1 is 1.24 bits per heavy atom. The van der Waals surface area contributed by atoms with Crippen LogP contribution >= 0.6 is 0 Å². The summed E-state index contributed by atoms with van der Waals surface area (Å²) in [6.45, 7) is 16.9. The van der Waals surface area contributed by atoms with Crippen LogP contribution in [0.25, 0.3) is 0 Å². The predicted octanol–water partition coefficient (Wildman–Crippen LogP) is 4.98. The van der Waals surface area contributed by atoms with Crippen LogP contribution in [0.2, 0.25) is 0 Å². The van der Waals surface area contributed by atoms with Crippen molar-refractivity contribution in [2.45, 2.75) is 44.1 Å². The summed E-state index contributed by atoms with van der Waals surface area (Å²) in [5.41, 5.74) is 8.29. The van der Waals surface area contributed by atoms with E-state index < -0.39 is 0 Å². The van der Waals surface area contributed by atoms with Gasteiger partial charge in [-0.2, -0.15) is 5.10 Å². The van der Waals surface area contributed by atoms with Crippen LogP contribution in [0.4, 0.5) is 4.39 Å². The van der Waals surface area contributed by atoms with E-state index in [0.717, 1.165) is 23.4 Å². The first-order valence-corrected chi connectivity index (χ1v) is 11.3. The third-order valence-electron chi connectivity index (χ3n) is 5.48. The van der Waals surface area contributed by atoms with Gasteiger partial charge < -0.3 is 16.9 Å². The summed E-state index contributed by atoms with van der Waals surface area (Å²) in [5.74, 6) is 5.68. The lowest BCUT2D eigenvalue weighted by Gasteiger charge is -2.23. The lowest BCUT2D eigenvalue weighted by Crippen LogP contribution is -2.33. The Balaban J connectivity index is 0.000000272. The van der Waals surface area contributed by atoms with Crippen molar-refractivity contribution in [1.29, 1.82) is 0 Å². The van der Waals surface area contributed by atoms with Gasteiger partial charge in [-0.25, -0.2) is 4.39 Å². The molecular formula is C27H40FN5. The van der Waals surface area contributed by atoms with Crippen molar-refractivity contribution in [3.05, 3.63) is 97.5 Å². The molecule has 1 aromatic carbocycles. The molecule has 33 heavy (non-hydrogen) atoms. The molecule has 5 nitrogen and oxygen atoms in total. The molecule has 2 aliphatic rings. The number of hydrogen-bond donors (Lipinski definition) is 3. The summed E-state index contributed by atoms with van der Waals surface area (Å²) in [7, 11) is 2.15. The smallest absolute Gasteiger partial charge is 0.126 e. The number of hydrazone groups is 1. The molecule has 1 heterocycles. The van der Waals surface area contributed by atoms with Gasteiger partial charge in [-0.15, -0.1) is 6.58 Å². The summed E-state index contributed by atoms with van der Waals surface area (Å²) < 4.78 is 12.9. The largest absolute Gasteiger partial charge is 0.385 e. The van der Waals surface area contributed by atoms with Crippen molar-refractivity contribution in [2.24, 2.45) is 16.7 Å². The molecule has 1 saturated carbocycles. The van der Waals surface area contributed by atoms with Gasteiger partial charge in [0.25, 0.3) is 0 Å². The lowest BCUT2D eigenvalue weighted by molar-refractivity contribution is 0.335. The number of likely N-dealkylation sites (N-methyl/N-ethyl adjacent to an activating group) is 1. The molecular weight excluding hydrogens is 413 g/mol. The lowest BCUT2D eigenvalue weighted by atomic mass is 10.1. The van der Waals surface area contributed by atoms with Crippen molar-refractivity contribution in [3.8, 4) is 0 Å². The first-order chi connectivity index (χ1) is 15.9. The van der Waals surface area contributed by atoms with Crippen LogP contribution in [-0.2, 0) is 0 Å². The van der Waals surface area contributed by atoms with Crippen LogP contribution in [0.15, 0.2) is 91.3 Å². The van der Waals surface area contributed by atoms with Gasteiger partial charge in [0.05, 0.1) is 0 Å². The fourth-order valence-corrected chi connectivity index (χ4v) is 3.44. The summed E-state index contributed by atoms with van der Waals surface area (Å²) in [6, 6.07) is 7.54. The van der Waals surface area contributed by atoms with Gasteiger partial charge in [-0.05, 0) is 62.4 Å². The molecule has 5 N–H and O–H groups in total. The first-order valence-electron chi connectivity index (χ1n) is 11.3. The number of nitrogens with two attached hydrogens (primary N) is 2. The average molecular weight is 454 g/mol. The molecule has 6 heteroatoms. The molecule has 1 aromatic rings. The summed E-state index contributed by atoms with van der Waals surface area (Å²) >= 11 is 0. The highest BCUT2D eigenvalue weighted by molar-refractivity contribution is 5.81. The maximum absolute atomic E-state index is 12.9. The number of rotatable bonds is 9. The van der Waals surface area contributed by atoms with Crippen molar-refractivity contribution >= 4 is 5.84 Å². The average Bonchev–Trinajstić information content (AvgIpc) is 3.57. The monoisotopic (exact) mass is 453 g/mol. The van der Waals surface area contributed by atoms with Crippen molar-refractivity contribution in [2.75, 3.05) is 20.1 Å². The van der Waals surface area contributed by atoms with Crippen molar-refractivity contribution in [1.82, 2.24) is 10.2 Å². The Labute approximate surface area is 199 Å². The minimum Gasteiger partial charge on any atom is -0.385 e. The second-order valence-corrected chi connectivity index (χ2v) is 8.11. The Kier molecular flexibility index (Phi) is 13.2. The number of nitrogens with zero attached hydrogens (tertiary/aromatic N) is 2. The highest BCUT2D eigenvalue weighted by atomic mass is 19.1. The van der Waals surface area contributed by atoms with E-state index in [9.17, 15) is 4.39 Å². The van der Waals surface area contributed by atoms with E-state index in [1.165, 1.54) is 38.3 Å². The molecule has 180 valence electrons. The zero-order valence-electron chi connectivity index (χ0n) is 20.0. The van der Waals surface area contributed by atoms with Crippen LogP contribution in [0.5, 0.6) is 0 Å². The Morgan fingerprint density at radius 3 is 2.39 bits per heavy atom. The molecule has 1 aliphatic carbocycles. The number of halogens is 1. The van der Waals surface area contributed by atoms with Gasteiger partial charge in [0.15, 0.2) is 0 Å². The fraction of sp³-hybridized carbons (Fsp3) is 0.370. The summed E-state index contributed by atoms with van der Waals surface area (Å²) in [6.07, 6.45) is 12.6. The maximum Gasteiger partial charge on any atom is 0.126 e. The molecule has 1 aliphatic heterocycles. The predicted molar refractivity (Wildman–Crippen MR) is 140 cm³/mol. The normalized spacial score (nSPS) is 18.2. The quantitative estimate of drug-likeness (QED) is 0.123. The van der Waals surface area contributed by atoms with E-state index in [-0.39, 0.29) is 5.82 Å². The van der Waals surface area contributed by atoms with Crippen LogP contribution < -0.4 is 16.9 Å². The number of benzene rings is 1. The van der Waals surface area contributed by atoms with E-state index in [4.69, 9.17) is 11.6 Å². The standard InChI is InChI=1S/C14H22N2.C9H9F.C4H9N3/c1-5-8-13(6-2)11-15-12(3)14-9-7-10-16(14)4;10-9-4-2-1-3-8(9)7-5-6-7;1-2-3-4(5)7-6/h5-6,8,14-15H,1-3,7,9-11H2,4H3;1-4,7H,5-6H2;2H,1,3,6H2,(H2,5,7)/b13-8+;;. The Hall–Kier alpha value is -3.12. The Morgan fingerprint density at radius 2 is 1.94 bits per heavy atom. The van der Waals surface area contributed by atoms with Gasteiger partial charge in [-0.1, -0.05) is 62.2 Å². The molecule has 0 radical (unpaired) electrons. The Bertz CT molecular complexity index is 839. The van der Waals surface area contributed by atoms with Crippen molar-refractivity contribution in [3.63, 3.8) is 0 Å². The van der Waals surface area contributed by atoms with Gasteiger partial charge in [0.2, 0.25) is 0 Å². The van der Waals surface area contributed by atoms with Gasteiger partial charge in [-0.3, -0.25) is 4.90 Å². The van der Waals surface area contributed by atoms with Crippen LogP contribution in [0, 0.1) is 5.82 Å². The number of nitrogens with one attached hydrogen (secondary N) is 1. The zero-order chi connectivity index (χ0) is 24.6. The van der Waals surface area contributed by atoms with Gasteiger partial charge in [0.1, 0.15) is 11.7 Å². The third-order valence-corrected chi connectivity index (χ3v) is 5.48. The molecule has 0 spiro atoms. The van der Waals surface area contributed by atoms with Gasteiger partial charge in [0, 0.05) is 24.7 Å². The summed E-state index contributed by atoms with van der Waals surface area (Å²) in [5, 5.41) is 6.57. The zero-order valence-corrected chi connectivity index (χ0v) is 20.0. The third kappa shape index (κ3) is 10.8. The van der Waals surface area contributed by atoms with E-state index in [1.54, 1.807) is 18.2 Å². The fourth-order valence-electron chi connectivity index (χ4n) is 3.44. The van der Waals surface area contributed by atoms with Gasteiger partial charge >= 0.3 is 0 Å². The number of amidine groups is 1. The topological polar surface area (TPSA) is 79.7 Å². The van der Waals surface area contributed by atoms with Crippen LogP contribution in [-0.4, -0.2) is 36.9 Å². The molecule has 3 rings (SSSR count). The van der Waals surface area contributed by atoms with Crippen LogP contribution in [0.1, 0.15) is 43.6 Å². The highest BCUT2D eigenvalue weighted by Crippen LogP contribution is 2.40. The molecule has 0 aromatic heterocycles. The molecule has 0 amide bonds. The minimum atomic E-state index is -0.0370.